The molecule has 1 aliphatic rings. The Hall–Kier alpha value is -1.88. The van der Waals surface area contributed by atoms with Gasteiger partial charge in [0.2, 0.25) is 5.91 Å². The second-order valence-corrected chi connectivity index (χ2v) is 5.92. The number of benzene rings is 1. The van der Waals surface area contributed by atoms with E-state index in [1.165, 1.54) is 0 Å². The van der Waals surface area contributed by atoms with Crippen LogP contribution < -0.4 is 11.1 Å². The fourth-order valence-electron chi connectivity index (χ4n) is 2.51. The van der Waals surface area contributed by atoms with Crippen molar-refractivity contribution in [2.75, 3.05) is 14.1 Å². The number of nitrogens with two attached hydrogens (primary N) is 1. The highest BCUT2D eigenvalue weighted by atomic mass is 16.2. The molecule has 5 heteroatoms. The van der Waals surface area contributed by atoms with E-state index in [4.69, 9.17) is 5.73 Å². The maximum atomic E-state index is 12.2. The summed E-state index contributed by atoms with van der Waals surface area (Å²) in [6.45, 7) is 0.531. The van der Waals surface area contributed by atoms with Gasteiger partial charge in [0, 0.05) is 38.2 Å². The highest BCUT2D eigenvalue weighted by Gasteiger charge is 2.35. The lowest BCUT2D eigenvalue weighted by atomic mass is 9.75. The van der Waals surface area contributed by atoms with E-state index < -0.39 is 0 Å². The van der Waals surface area contributed by atoms with Crippen LogP contribution in [0.2, 0.25) is 0 Å². The minimum atomic E-state index is -0.283. The maximum absolute atomic E-state index is 12.2. The van der Waals surface area contributed by atoms with Gasteiger partial charge in [-0.15, -0.1) is 0 Å². The molecule has 0 atom stereocenters. The average molecular weight is 289 g/mol. The third kappa shape index (κ3) is 3.82. The smallest absolute Gasteiger partial charge is 0.251 e. The van der Waals surface area contributed by atoms with Crippen molar-refractivity contribution in [3.63, 3.8) is 0 Å². The summed E-state index contributed by atoms with van der Waals surface area (Å²) in [6, 6.07) is 7.28. The predicted octanol–water partition coefficient (Wildman–Crippen LogP) is 1.28. The number of carbonyl (C=O) groups excluding carboxylic acids is 2. The number of nitrogens with one attached hydrogen (secondary N) is 1. The molecule has 0 bridgehead atoms. The summed E-state index contributed by atoms with van der Waals surface area (Å²) in [5.41, 5.74) is 7.44. The SMILES string of the molecule is CNC(=O)c1ccc(CN(C)C(=O)CC2(N)CCC2)cc1. The summed E-state index contributed by atoms with van der Waals surface area (Å²) in [4.78, 5) is 25.3. The van der Waals surface area contributed by atoms with Crippen LogP contribution in [0.3, 0.4) is 0 Å². The topological polar surface area (TPSA) is 75.4 Å². The molecule has 0 heterocycles. The molecular formula is C16H23N3O2. The van der Waals surface area contributed by atoms with Gasteiger partial charge in [-0.05, 0) is 37.0 Å². The molecule has 3 N–H and O–H groups in total. The Balaban J connectivity index is 1.91. The quantitative estimate of drug-likeness (QED) is 0.857. The lowest BCUT2D eigenvalue weighted by Crippen LogP contribution is -2.50. The van der Waals surface area contributed by atoms with E-state index in [-0.39, 0.29) is 17.4 Å². The van der Waals surface area contributed by atoms with E-state index in [1.807, 2.05) is 12.1 Å². The Morgan fingerprint density at radius 1 is 1.29 bits per heavy atom. The van der Waals surface area contributed by atoms with Crippen LogP contribution in [0.25, 0.3) is 0 Å². The molecule has 0 aliphatic heterocycles. The Morgan fingerprint density at radius 3 is 2.38 bits per heavy atom. The molecule has 0 aromatic heterocycles. The van der Waals surface area contributed by atoms with Crippen molar-refractivity contribution in [2.24, 2.45) is 5.73 Å². The van der Waals surface area contributed by atoms with Gasteiger partial charge in [-0.2, -0.15) is 0 Å². The standard InChI is InChI=1S/C16H23N3O2/c1-18-15(21)13-6-4-12(5-7-13)11-19(2)14(20)10-16(17)8-3-9-16/h4-7H,3,8-11,17H2,1-2H3,(H,18,21). The molecule has 1 aromatic carbocycles. The molecule has 2 rings (SSSR count). The van der Waals surface area contributed by atoms with Gasteiger partial charge in [0.25, 0.3) is 5.91 Å². The highest BCUT2D eigenvalue weighted by molar-refractivity contribution is 5.93. The predicted molar refractivity (Wildman–Crippen MR) is 81.7 cm³/mol. The minimum Gasteiger partial charge on any atom is -0.355 e. The molecule has 1 fully saturated rings. The van der Waals surface area contributed by atoms with Crippen molar-refractivity contribution in [2.45, 2.75) is 37.8 Å². The van der Waals surface area contributed by atoms with Gasteiger partial charge in [-0.3, -0.25) is 9.59 Å². The van der Waals surface area contributed by atoms with Crippen LogP contribution >= 0.6 is 0 Å². The summed E-state index contributed by atoms with van der Waals surface area (Å²) in [5, 5.41) is 2.58. The van der Waals surface area contributed by atoms with Crippen LogP contribution in [0.1, 0.15) is 41.6 Å². The Bertz CT molecular complexity index is 521. The van der Waals surface area contributed by atoms with Crippen molar-refractivity contribution in [1.29, 1.82) is 0 Å². The van der Waals surface area contributed by atoms with Crippen molar-refractivity contribution in [3.8, 4) is 0 Å². The van der Waals surface area contributed by atoms with Crippen LogP contribution in [-0.2, 0) is 11.3 Å². The zero-order chi connectivity index (χ0) is 15.5. The molecule has 114 valence electrons. The molecule has 21 heavy (non-hydrogen) atoms. The molecule has 1 saturated carbocycles. The van der Waals surface area contributed by atoms with E-state index in [9.17, 15) is 9.59 Å². The van der Waals surface area contributed by atoms with Crippen molar-refractivity contribution in [1.82, 2.24) is 10.2 Å². The van der Waals surface area contributed by atoms with E-state index in [1.54, 1.807) is 31.1 Å². The normalized spacial score (nSPS) is 16.0. The monoisotopic (exact) mass is 289 g/mol. The largest absolute Gasteiger partial charge is 0.355 e. The Morgan fingerprint density at radius 2 is 1.90 bits per heavy atom. The lowest BCUT2D eigenvalue weighted by Gasteiger charge is -2.38. The Labute approximate surface area is 125 Å². The van der Waals surface area contributed by atoms with Gasteiger partial charge in [-0.25, -0.2) is 0 Å². The van der Waals surface area contributed by atoms with Crippen molar-refractivity contribution >= 4 is 11.8 Å². The first kappa shape index (κ1) is 15.5. The molecule has 0 radical (unpaired) electrons. The van der Waals surface area contributed by atoms with Crippen LogP contribution in [0.4, 0.5) is 0 Å². The first-order valence-electron chi connectivity index (χ1n) is 7.27. The van der Waals surface area contributed by atoms with Gasteiger partial charge >= 0.3 is 0 Å². The second-order valence-electron chi connectivity index (χ2n) is 5.92. The summed E-state index contributed by atoms with van der Waals surface area (Å²) < 4.78 is 0. The van der Waals surface area contributed by atoms with Crippen LogP contribution in [0.5, 0.6) is 0 Å². The van der Waals surface area contributed by atoms with Gasteiger partial charge in [-0.1, -0.05) is 12.1 Å². The zero-order valence-electron chi connectivity index (χ0n) is 12.7. The molecular weight excluding hydrogens is 266 g/mol. The van der Waals surface area contributed by atoms with Crippen molar-refractivity contribution in [3.05, 3.63) is 35.4 Å². The third-order valence-electron chi connectivity index (χ3n) is 4.14. The van der Waals surface area contributed by atoms with Crippen LogP contribution in [-0.4, -0.2) is 36.3 Å². The highest BCUT2D eigenvalue weighted by Crippen LogP contribution is 2.32. The Kier molecular flexibility index (Phi) is 4.63. The van der Waals surface area contributed by atoms with E-state index in [0.717, 1.165) is 24.8 Å². The zero-order valence-corrected chi connectivity index (χ0v) is 12.7. The number of amides is 2. The van der Waals surface area contributed by atoms with Crippen molar-refractivity contribution < 1.29 is 9.59 Å². The molecule has 5 nitrogen and oxygen atoms in total. The number of nitrogens with zero attached hydrogens (tertiary/aromatic N) is 1. The fourth-order valence-corrected chi connectivity index (χ4v) is 2.51. The fraction of sp³-hybridized carbons (Fsp3) is 0.500. The number of rotatable bonds is 5. The van der Waals surface area contributed by atoms with E-state index in [0.29, 0.717) is 18.5 Å². The molecule has 1 aliphatic carbocycles. The van der Waals surface area contributed by atoms with Crippen LogP contribution in [0.15, 0.2) is 24.3 Å². The first-order chi connectivity index (χ1) is 9.93. The molecule has 1 aromatic rings. The molecule has 0 spiro atoms. The van der Waals surface area contributed by atoms with E-state index in [2.05, 4.69) is 5.32 Å². The summed E-state index contributed by atoms with van der Waals surface area (Å²) in [6.07, 6.45) is 3.41. The first-order valence-corrected chi connectivity index (χ1v) is 7.27. The lowest BCUT2D eigenvalue weighted by molar-refractivity contribution is -0.132. The van der Waals surface area contributed by atoms with Gasteiger partial charge in [0.1, 0.15) is 0 Å². The average Bonchev–Trinajstić information content (AvgIpc) is 2.45. The summed E-state index contributed by atoms with van der Waals surface area (Å²) >= 11 is 0. The third-order valence-corrected chi connectivity index (χ3v) is 4.14. The van der Waals surface area contributed by atoms with Gasteiger partial charge in [0.15, 0.2) is 0 Å². The van der Waals surface area contributed by atoms with Gasteiger partial charge in [0.05, 0.1) is 0 Å². The molecule has 0 saturated heterocycles. The number of carbonyl (C=O) groups is 2. The number of hydrogen-bond acceptors (Lipinski definition) is 3. The summed E-state index contributed by atoms with van der Waals surface area (Å²) in [5.74, 6) is -0.0337. The molecule has 0 unspecified atom stereocenters. The van der Waals surface area contributed by atoms with Gasteiger partial charge < -0.3 is 16.0 Å². The van der Waals surface area contributed by atoms with Crippen LogP contribution in [0, 0.1) is 0 Å². The minimum absolute atomic E-state index is 0.0765. The summed E-state index contributed by atoms with van der Waals surface area (Å²) in [7, 11) is 3.39. The maximum Gasteiger partial charge on any atom is 0.251 e. The molecule has 2 amide bonds. The second kappa shape index (κ2) is 6.26. The number of hydrogen-bond donors (Lipinski definition) is 2. The van der Waals surface area contributed by atoms with E-state index >= 15 is 0 Å².